The maximum absolute atomic E-state index is 11.1. The molecule has 0 spiro atoms. The van der Waals surface area contributed by atoms with Crippen LogP contribution in [0.25, 0.3) is 0 Å². The number of nitriles is 1. The molecule has 1 rings (SSSR count). The minimum absolute atomic E-state index is 0.320. The zero-order valence-electron chi connectivity index (χ0n) is 8.02. The fraction of sp³-hybridized carbons (Fsp3) is 0.300. The number of esters is 1. The fourth-order valence-electron chi connectivity index (χ4n) is 0.996. The van der Waals surface area contributed by atoms with Gasteiger partial charge >= 0.3 is 5.97 Å². The van der Waals surface area contributed by atoms with E-state index in [1.54, 1.807) is 19.1 Å². The van der Waals surface area contributed by atoms with Crippen LogP contribution in [0.2, 0.25) is 0 Å². The molecular weight excluding hydrogens is 180 g/mol. The first kappa shape index (κ1) is 10.2. The number of ether oxygens (including phenoxy) is 1. The molecule has 0 aliphatic carbocycles. The van der Waals surface area contributed by atoms with Gasteiger partial charge in [0.1, 0.15) is 0 Å². The fourth-order valence-corrected chi connectivity index (χ4v) is 0.996. The quantitative estimate of drug-likeness (QED) is 0.663. The van der Waals surface area contributed by atoms with Crippen molar-refractivity contribution in [2.24, 2.45) is 0 Å². The van der Waals surface area contributed by atoms with Gasteiger partial charge in [-0.1, -0.05) is 0 Å². The summed E-state index contributed by atoms with van der Waals surface area (Å²) in [6.07, 6.45) is 1.50. The molecule has 1 aromatic heterocycles. The number of rotatable bonds is 2. The molecule has 0 amide bonds. The van der Waals surface area contributed by atoms with E-state index < -0.39 is 5.97 Å². The van der Waals surface area contributed by atoms with Gasteiger partial charge in [0.2, 0.25) is 0 Å². The minimum Gasteiger partial charge on any atom is -0.465 e. The molecule has 0 bridgehead atoms. The number of aromatic nitrogens is 1. The molecule has 0 N–H and O–H groups in total. The SMILES string of the molecule is COC(=O)c1ccnc(C(C)C#N)c1. The Morgan fingerprint density at radius 1 is 1.71 bits per heavy atom. The first-order chi connectivity index (χ1) is 6.69. The van der Waals surface area contributed by atoms with Gasteiger partial charge in [-0.25, -0.2) is 4.79 Å². The molecule has 0 saturated carbocycles. The van der Waals surface area contributed by atoms with Crippen LogP contribution in [-0.4, -0.2) is 18.1 Å². The number of methoxy groups -OCH3 is 1. The molecule has 4 heteroatoms. The number of carbonyl (C=O) groups is 1. The monoisotopic (exact) mass is 190 g/mol. The van der Waals surface area contributed by atoms with Crippen molar-refractivity contribution >= 4 is 5.97 Å². The van der Waals surface area contributed by atoms with Crippen molar-refractivity contribution in [3.63, 3.8) is 0 Å². The largest absolute Gasteiger partial charge is 0.465 e. The Bertz CT molecular complexity index is 382. The van der Waals surface area contributed by atoms with Gasteiger partial charge in [-0.05, 0) is 19.1 Å². The molecule has 1 heterocycles. The number of hydrogen-bond acceptors (Lipinski definition) is 4. The highest BCUT2D eigenvalue weighted by molar-refractivity contribution is 5.89. The van der Waals surface area contributed by atoms with Crippen LogP contribution in [0.5, 0.6) is 0 Å². The minimum atomic E-state index is -0.418. The number of carbonyl (C=O) groups excluding carboxylic acids is 1. The first-order valence-corrected chi connectivity index (χ1v) is 4.13. The van der Waals surface area contributed by atoms with E-state index in [2.05, 4.69) is 15.8 Å². The normalized spacial score (nSPS) is 11.5. The van der Waals surface area contributed by atoms with E-state index in [0.717, 1.165) is 0 Å². The van der Waals surface area contributed by atoms with Crippen molar-refractivity contribution in [3.05, 3.63) is 29.6 Å². The van der Waals surface area contributed by atoms with Crippen LogP contribution in [0.15, 0.2) is 18.3 Å². The lowest BCUT2D eigenvalue weighted by Gasteiger charge is -2.03. The summed E-state index contributed by atoms with van der Waals surface area (Å²) in [6.45, 7) is 1.73. The number of pyridine rings is 1. The standard InChI is InChI=1S/C10H10N2O2/c1-7(6-11)9-5-8(3-4-12-9)10(13)14-2/h3-5,7H,1-2H3. The number of nitrogens with zero attached hydrogens (tertiary/aromatic N) is 2. The van der Waals surface area contributed by atoms with Gasteiger partial charge < -0.3 is 4.74 Å². The highest BCUT2D eigenvalue weighted by Crippen LogP contribution is 2.12. The Hall–Kier alpha value is -1.89. The van der Waals surface area contributed by atoms with Gasteiger partial charge in [-0.3, -0.25) is 4.98 Å². The molecule has 0 radical (unpaired) electrons. The third kappa shape index (κ3) is 2.07. The summed E-state index contributed by atoms with van der Waals surface area (Å²) in [5.74, 6) is -0.738. The Kier molecular flexibility index (Phi) is 3.19. The average Bonchev–Trinajstić information content (AvgIpc) is 2.27. The van der Waals surface area contributed by atoms with E-state index >= 15 is 0 Å². The molecule has 1 aromatic rings. The first-order valence-electron chi connectivity index (χ1n) is 4.13. The van der Waals surface area contributed by atoms with Crippen molar-refractivity contribution in [2.75, 3.05) is 7.11 Å². The summed E-state index contributed by atoms with van der Waals surface area (Å²) in [6, 6.07) is 5.17. The van der Waals surface area contributed by atoms with Gasteiger partial charge in [0.05, 0.1) is 30.4 Å². The van der Waals surface area contributed by atoms with Crippen molar-refractivity contribution in [2.45, 2.75) is 12.8 Å². The third-order valence-corrected chi connectivity index (χ3v) is 1.84. The lowest BCUT2D eigenvalue weighted by Crippen LogP contribution is -2.03. The van der Waals surface area contributed by atoms with Gasteiger partial charge in [0.25, 0.3) is 0 Å². The zero-order valence-corrected chi connectivity index (χ0v) is 8.02. The molecule has 14 heavy (non-hydrogen) atoms. The van der Waals surface area contributed by atoms with Gasteiger partial charge in [-0.15, -0.1) is 0 Å². The van der Waals surface area contributed by atoms with Gasteiger partial charge in [-0.2, -0.15) is 5.26 Å². The molecule has 0 aliphatic rings. The highest BCUT2D eigenvalue weighted by atomic mass is 16.5. The molecule has 72 valence electrons. The summed E-state index contributed by atoms with van der Waals surface area (Å²) in [4.78, 5) is 15.1. The maximum Gasteiger partial charge on any atom is 0.337 e. The van der Waals surface area contributed by atoms with Gasteiger partial charge in [0.15, 0.2) is 0 Å². The summed E-state index contributed by atoms with van der Waals surface area (Å²) >= 11 is 0. The predicted molar refractivity (Wildman–Crippen MR) is 49.6 cm³/mol. The van der Waals surface area contributed by atoms with Crippen LogP contribution >= 0.6 is 0 Å². The summed E-state index contributed by atoms with van der Waals surface area (Å²) in [7, 11) is 1.32. The van der Waals surface area contributed by atoms with E-state index in [0.29, 0.717) is 11.3 Å². The smallest absolute Gasteiger partial charge is 0.337 e. The van der Waals surface area contributed by atoms with Crippen molar-refractivity contribution in [1.82, 2.24) is 4.98 Å². The van der Waals surface area contributed by atoms with Crippen LogP contribution < -0.4 is 0 Å². The summed E-state index contributed by atoms with van der Waals surface area (Å²) in [5.41, 5.74) is 0.995. The van der Waals surface area contributed by atoms with Crippen LogP contribution in [-0.2, 0) is 4.74 Å². The van der Waals surface area contributed by atoms with E-state index in [1.807, 2.05) is 0 Å². The second-order valence-electron chi connectivity index (χ2n) is 2.81. The highest BCUT2D eigenvalue weighted by Gasteiger charge is 2.10. The third-order valence-electron chi connectivity index (χ3n) is 1.84. The molecule has 0 fully saturated rings. The Balaban J connectivity index is 3.02. The van der Waals surface area contributed by atoms with Crippen LogP contribution in [0, 0.1) is 11.3 Å². The van der Waals surface area contributed by atoms with Crippen LogP contribution in [0.3, 0.4) is 0 Å². The molecule has 4 nitrogen and oxygen atoms in total. The summed E-state index contributed by atoms with van der Waals surface area (Å²) < 4.78 is 4.56. The molecular formula is C10H10N2O2. The van der Waals surface area contributed by atoms with Crippen molar-refractivity contribution < 1.29 is 9.53 Å². The Morgan fingerprint density at radius 2 is 2.43 bits per heavy atom. The number of hydrogen-bond donors (Lipinski definition) is 0. The molecule has 0 saturated heterocycles. The average molecular weight is 190 g/mol. The molecule has 1 unspecified atom stereocenters. The van der Waals surface area contributed by atoms with Crippen molar-refractivity contribution in [1.29, 1.82) is 5.26 Å². The topological polar surface area (TPSA) is 63.0 Å². The summed E-state index contributed by atoms with van der Waals surface area (Å²) in [5, 5.41) is 8.67. The van der Waals surface area contributed by atoms with Crippen LogP contribution in [0.1, 0.15) is 28.9 Å². The van der Waals surface area contributed by atoms with Crippen LogP contribution in [0.4, 0.5) is 0 Å². The second kappa shape index (κ2) is 4.38. The Labute approximate surface area is 82.1 Å². The van der Waals surface area contributed by atoms with Gasteiger partial charge in [0, 0.05) is 6.20 Å². The zero-order chi connectivity index (χ0) is 10.6. The van der Waals surface area contributed by atoms with E-state index in [9.17, 15) is 4.79 Å². The molecule has 1 atom stereocenters. The molecule has 0 aliphatic heterocycles. The van der Waals surface area contributed by atoms with Crippen molar-refractivity contribution in [3.8, 4) is 6.07 Å². The second-order valence-corrected chi connectivity index (χ2v) is 2.81. The Morgan fingerprint density at radius 3 is 3.00 bits per heavy atom. The molecule has 0 aromatic carbocycles. The lowest BCUT2D eigenvalue weighted by atomic mass is 10.1. The lowest BCUT2D eigenvalue weighted by molar-refractivity contribution is 0.0600. The maximum atomic E-state index is 11.1. The van der Waals surface area contributed by atoms with E-state index in [4.69, 9.17) is 5.26 Å². The predicted octanol–water partition coefficient (Wildman–Crippen LogP) is 1.50. The van der Waals surface area contributed by atoms with E-state index in [1.165, 1.54) is 13.3 Å². The van der Waals surface area contributed by atoms with E-state index in [-0.39, 0.29) is 5.92 Å².